The first-order chi connectivity index (χ1) is 21.5. The third-order valence-electron chi connectivity index (χ3n) is 7.81. The van der Waals surface area contributed by atoms with E-state index in [9.17, 15) is 26.8 Å². The van der Waals surface area contributed by atoms with Gasteiger partial charge in [-0.1, -0.05) is 29.8 Å². The van der Waals surface area contributed by atoms with Gasteiger partial charge < -0.3 is 9.47 Å². The Morgan fingerprint density at radius 3 is 2.27 bits per heavy atom. The van der Waals surface area contributed by atoms with E-state index < -0.39 is 39.5 Å². The quantitative estimate of drug-likeness (QED) is 0.203. The molecule has 4 aromatic rings. The van der Waals surface area contributed by atoms with Crippen LogP contribution in [-0.2, 0) is 16.6 Å². The smallest absolute Gasteiger partial charge is 0.265 e. The van der Waals surface area contributed by atoms with Crippen LogP contribution in [0.4, 0.5) is 14.5 Å². The van der Waals surface area contributed by atoms with Gasteiger partial charge in [0.25, 0.3) is 21.8 Å². The molecule has 2 heterocycles. The highest BCUT2D eigenvalue weighted by molar-refractivity contribution is 7.92. The third kappa shape index (κ3) is 5.32. The van der Waals surface area contributed by atoms with Crippen LogP contribution in [0.2, 0.25) is 5.02 Å². The number of hydrogen-bond donors (Lipinski definition) is 0. The predicted molar refractivity (Wildman–Crippen MR) is 164 cm³/mol. The molecule has 0 spiro atoms. The van der Waals surface area contributed by atoms with Gasteiger partial charge in [0.15, 0.2) is 11.6 Å². The van der Waals surface area contributed by atoms with Crippen molar-refractivity contribution < 1.29 is 36.3 Å². The Bertz CT molecular complexity index is 1960. The minimum absolute atomic E-state index is 0.135. The molecule has 1 unspecified atom stereocenters. The maximum absolute atomic E-state index is 14.4. The van der Waals surface area contributed by atoms with Gasteiger partial charge in [0, 0.05) is 17.7 Å². The average molecular weight is 651 g/mol. The molecule has 1 atom stereocenters. The summed E-state index contributed by atoms with van der Waals surface area (Å²) in [5.41, 5.74) is 1.80. The fourth-order valence-corrected chi connectivity index (χ4v) is 7.34. The number of benzene rings is 4. The molecule has 2 aliphatic rings. The van der Waals surface area contributed by atoms with E-state index in [-0.39, 0.29) is 56.9 Å². The molecular weight excluding hydrogens is 626 g/mol. The lowest BCUT2D eigenvalue weighted by Gasteiger charge is -2.37. The van der Waals surface area contributed by atoms with Crippen LogP contribution < -0.4 is 13.8 Å². The van der Waals surface area contributed by atoms with Crippen molar-refractivity contribution in [1.82, 2.24) is 4.90 Å². The van der Waals surface area contributed by atoms with Crippen molar-refractivity contribution >= 4 is 45.2 Å². The number of halogens is 3. The highest BCUT2D eigenvalue weighted by atomic mass is 35.5. The first-order valence-electron chi connectivity index (χ1n) is 13.7. The van der Waals surface area contributed by atoms with Crippen LogP contribution >= 0.6 is 11.6 Å². The van der Waals surface area contributed by atoms with Crippen molar-refractivity contribution in [3.8, 4) is 11.5 Å². The van der Waals surface area contributed by atoms with Crippen molar-refractivity contribution in [3.63, 3.8) is 0 Å². The Morgan fingerprint density at radius 1 is 0.889 bits per heavy atom. The summed E-state index contributed by atoms with van der Waals surface area (Å²) < 4.78 is 69.2. The Kier molecular flexibility index (Phi) is 7.84. The van der Waals surface area contributed by atoms with E-state index in [4.69, 9.17) is 21.1 Å². The fourth-order valence-electron chi connectivity index (χ4n) is 5.43. The third-order valence-corrected chi connectivity index (χ3v) is 10.0. The Hall–Kier alpha value is -4.74. The lowest BCUT2D eigenvalue weighted by atomic mass is 9.98. The number of carbonyl (C=O) groups excluding carboxylic acids is 2. The van der Waals surface area contributed by atoms with Gasteiger partial charge in [-0.05, 0) is 72.7 Å². The fraction of sp³-hybridized carbons (Fsp3) is 0.152. The van der Waals surface area contributed by atoms with E-state index in [1.54, 1.807) is 49.4 Å². The minimum Gasteiger partial charge on any atom is -0.494 e. The summed E-state index contributed by atoms with van der Waals surface area (Å²) in [7, 11) is -3.17. The summed E-state index contributed by atoms with van der Waals surface area (Å²) in [5, 5.41) is 0.178. The van der Waals surface area contributed by atoms with Crippen LogP contribution in [0.1, 0.15) is 38.8 Å². The molecule has 0 saturated heterocycles. The SMILES string of the molecule is COc1cc(S(=O)(=O)N2c3cc(OCc4c(F)cccc4Cl)ccc3C=C(CN3C(=O)c4ccccc4C3=O)C2C)ccc1F. The molecule has 4 aromatic carbocycles. The molecule has 6 rings (SSSR count). The Morgan fingerprint density at radius 2 is 1.60 bits per heavy atom. The molecule has 0 saturated carbocycles. The van der Waals surface area contributed by atoms with Crippen LogP contribution in [-0.4, -0.2) is 44.8 Å². The van der Waals surface area contributed by atoms with E-state index >= 15 is 0 Å². The molecule has 45 heavy (non-hydrogen) atoms. The summed E-state index contributed by atoms with van der Waals surface area (Å²) in [4.78, 5) is 27.2. The Labute approximate surface area is 263 Å². The Balaban J connectivity index is 1.41. The predicted octanol–water partition coefficient (Wildman–Crippen LogP) is 6.48. The first-order valence-corrected chi connectivity index (χ1v) is 15.6. The molecule has 0 bridgehead atoms. The normalized spacial score (nSPS) is 15.9. The highest BCUT2D eigenvalue weighted by Gasteiger charge is 2.40. The second-order valence-electron chi connectivity index (χ2n) is 10.4. The number of ether oxygens (including phenoxy) is 2. The van der Waals surface area contributed by atoms with Crippen molar-refractivity contribution in [1.29, 1.82) is 0 Å². The zero-order valence-electron chi connectivity index (χ0n) is 24.0. The largest absolute Gasteiger partial charge is 0.494 e. The number of nitrogens with zero attached hydrogens (tertiary/aromatic N) is 2. The number of anilines is 1. The summed E-state index contributed by atoms with van der Waals surface area (Å²) in [6, 6.07) is 17.7. The monoisotopic (exact) mass is 650 g/mol. The lowest BCUT2D eigenvalue weighted by Crippen LogP contribution is -2.45. The van der Waals surface area contributed by atoms with E-state index in [0.29, 0.717) is 11.1 Å². The molecule has 0 N–H and O–H groups in total. The van der Waals surface area contributed by atoms with Gasteiger partial charge in [0.05, 0.1) is 46.4 Å². The molecule has 12 heteroatoms. The van der Waals surface area contributed by atoms with Gasteiger partial charge in [-0.25, -0.2) is 17.2 Å². The maximum atomic E-state index is 14.4. The summed E-state index contributed by atoms with van der Waals surface area (Å²) in [6.07, 6.45) is 1.72. The second-order valence-corrected chi connectivity index (χ2v) is 12.7. The molecule has 2 aliphatic heterocycles. The van der Waals surface area contributed by atoms with Gasteiger partial charge >= 0.3 is 0 Å². The molecule has 0 radical (unpaired) electrons. The number of sulfonamides is 1. The molecule has 0 aromatic heterocycles. The van der Waals surface area contributed by atoms with Gasteiger partial charge in [-0.3, -0.25) is 18.8 Å². The number of rotatable bonds is 8. The molecular formula is C33H25ClF2N2O6S. The van der Waals surface area contributed by atoms with Gasteiger partial charge in [0.2, 0.25) is 0 Å². The van der Waals surface area contributed by atoms with E-state index in [0.717, 1.165) is 27.4 Å². The number of methoxy groups -OCH3 is 1. The van der Waals surface area contributed by atoms with E-state index in [1.165, 1.54) is 31.4 Å². The second kappa shape index (κ2) is 11.6. The molecule has 8 nitrogen and oxygen atoms in total. The molecule has 230 valence electrons. The zero-order chi connectivity index (χ0) is 32.0. The lowest BCUT2D eigenvalue weighted by molar-refractivity contribution is 0.0667. The maximum Gasteiger partial charge on any atom is 0.265 e. The van der Waals surface area contributed by atoms with Crippen molar-refractivity contribution in [2.75, 3.05) is 18.0 Å². The zero-order valence-corrected chi connectivity index (χ0v) is 25.5. The van der Waals surface area contributed by atoms with Crippen LogP contribution in [0.25, 0.3) is 6.08 Å². The van der Waals surface area contributed by atoms with Crippen LogP contribution in [0.5, 0.6) is 11.5 Å². The van der Waals surface area contributed by atoms with Crippen molar-refractivity contribution in [2.45, 2.75) is 24.5 Å². The topological polar surface area (TPSA) is 93.2 Å². The molecule has 0 fully saturated rings. The first kappa shape index (κ1) is 30.3. The average Bonchev–Trinajstić information content (AvgIpc) is 3.26. The standard InChI is InChI=1S/C33H25ClF2N2O6S/c1-19-21(17-37-32(39)24-6-3-4-7-25(24)33(37)40)14-20-10-11-22(44-18-26-27(34)8-5-9-28(26)35)15-30(20)38(19)45(41,42)23-12-13-29(36)31(16-23)43-2/h3-16,19H,17-18H2,1-2H3. The number of hydrogen-bond acceptors (Lipinski definition) is 6. The summed E-state index contributed by atoms with van der Waals surface area (Å²) >= 11 is 6.15. The van der Waals surface area contributed by atoms with Crippen LogP contribution in [0.3, 0.4) is 0 Å². The number of fused-ring (bicyclic) bond motifs is 2. The molecule has 2 amide bonds. The van der Waals surface area contributed by atoms with Crippen LogP contribution in [0, 0.1) is 11.6 Å². The van der Waals surface area contributed by atoms with Crippen LogP contribution in [0.15, 0.2) is 89.3 Å². The van der Waals surface area contributed by atoms with Gasteiger partial charge in [-0.15, -0.1) is 0 Å². The van der Waals surface area contributed by atoms with E-state index in [2.05, 4.69) is 0 Å². The van der Waals surface area contributed by atoms with Gasteiger partial charge in [-0.2, -0.15) is 0 Å². The number of carbonyl (C=O) groups is 2. The summed E-state index contributed by atoms with van der Waals surface area (Å²) in [5.74, 6) is -2.29. The molecule has 0 aliphatic carbocycles. The van der Waals surface area contributed by atoms with E-state index in [1.807, 2.05) is 0 Å². The van der Waals surface area contributed by atoms with Crippen molar-refractivity contribution in [2.24, 2.45) is 0 Å². The highest BCUT2D eigenvalue weighted by Crippen LogP contribution is 2.41. The minimum atomic E-state index is -4.40. The van der Waals surface area contributed by atoms with Crippen molar-refractivity contribution in [3.05, 3.63) is 123 Å². The number of amides is 2. The van der Waals surface area contributed by atoms with Gasteiger partial charge in [0.1, 0.15) is 18.2 Å². The number of imide groups is 1. The summed E-state index contributed by atoms with van der Waals surface area (Å²) in [6.45, 7) is 1.23.